The zero-order valence-corrected chi connectivity index (χ0v) is 9.39. The number of rotatable bonds is 7. The molecular weight excluding hydrogens is 248 g/mol. The Morgan fingerprint density at radius 3 is 2.39 bits per heavy atom. The van der Waals surface area contributed by atoms with Gasteiger partial charge in [0.15, 0.2) is 12.4 Å². The maximum absolute atomic E-state index is 10.9. The van der Waals surface area contributed by atoms with Crippen molar-refractivity contribution in [1.29, 1.82) is 0 Å². The lowest BCUT2D eigenvalue weighted by atomic mass is 10.0. The van der Waals surface area contributed by atoms with Crippen LogP contribution in [0.25, 0.3) is 0 Å². The predicted octanol–water partition coefficient (Wildman–Crippen LogP) is -2.24. The summed E-state index contributed by atoms with van der Waals surface area (Å²) in [7, 11) is 0. The quantitative estimate of drug-likeness (QED) is 0.348. The highest BCUT2D eigenvalue weighted by molar-refractivity contribution is 5.67. The molecule has 0 aromatic carbocycles. The molecule has 8 nitrogen and oxygen atoms in total. The number of hydrogen-bond donors (Lipinski definition) is 3. The molecule has 0 spiro atoms. The second-order valence-corrected chi connectivity index (χ2v) is 3.32. The molecule has 0 amide bonds. The van der Waals surface area contributed by atoms with Crippen molar-refractivity contribution in [2.75, 3.05) is 6.61 Å². The summed E-state index contributed by atoms with van der Waals surface area (Å²) in [6.45, 7) is -2.20. The molecule has 0 aliphatic rings. The average Bonchev–Trinajstić information content (AvgIpc) is 2.47. The van der Waals surface area contributed by atoms with E-state index in [2.05, 4.69) is 9.47 Å². The lowest BCUT2D eigenvalue weighted by Crippen LogP contribution is -2.49. The maximum atomic E-state index is 10.9. The third-order valence-corrected chi connectivity index (χ3v) is 1.89. The molecule has 4 atom stereocenters. The first-order valence-corrected chi connectivity index (χ1v) is 4.80. The van der Waals surface area contributed by atoms with E-state index in [9.17, 15) is 29.7 Å². The lowest BCUT2D eigenvalue weighted by Gasteiger charge is -2.27. The smallest absolute Gasteiger partial charge is 0.303 e. The molecule has 0 bridgehead atoms. The Hall–Kier alpha value is -1.51. The van der Waals surface area contributed by atoms with E-state index in [-0.39, 0.29) is 6.29 Å². The fourth-order valence-electron chi connectivity index (χ4n) is 1.07. The van der Waals surface area contributed by atoms with Gasteiger partial charge < -0.3 is 29.6 Å². The monoisotopic (exact) mass is 266 g/mol. The standard InChI is InChI=1S/C10H16O8/c1-5(12)17-4-8(15)9(16)10(7(14)3-11)18-6(2)13/h3,7-10,14-16H,4H2,1-2H3/t7-,8+,9+,10+/m0/s1/i1D,2D. The van der Waals surface area contributed by atoms with Gasteiger partial charge in [0.05, 0.1) is 0 Å². The lowest BCUT2D eigenvalue weighted by molar-refractivity contribution is -0.175. The number of hydrogen-bond acceptors (Lipinski definition) is 8. The molecule has 8 heteroatoms. The van der Waals surface area contributed by atoms with Gasteiger partial charge in [0.25, 0.3) is 0 Å². The van der Waals surface area contributed by atoms with Crippen LogP contribution in [-0.4, -0.2) is 64.6 Å². The van der Waals surface area contributed by atoms with Gasteiger partial charge in [-0.05, 0) is 0 Å². The Kier molecular flexibility index (Phi) is 5.57. The van der Waals surface area contributed by atoms with Crippen molar-refractivity contribution in [2.24, 2.45) is 0 Å². The summed E-state index contributed by atoms with van der Waals surface area (Å²) >= 11 is 0. The predicted molar refractivity (Wildman–Crippen MR) is 56.3 cm³/mol. The molecule has 0 heterocycles. The molecule has 0 aromatic rings. The van der Waals surface area contributed by atoms with Crippen molar-refractivity contribution < 1.29 is 41.9 Å². The molecule has 0 aliphatic carbocycles. The van der Waals surface area contributed by atoms with Gasteiger partial charge in [-0.15, -0.1) is 0 Å². The van der Waals surface area contributed by atoms with Gasteiger partial charge in [-0.3, -0.25) is 9.59 Å². The Morgan fingerprint density at radius 2 is 1.89 bits per heavy atom. The van der Waals surface area contributed by atoms with Crippen molar-refractivity contribution in [2.45, 2.75) is 38.2 Å². The molecule has 0 radical (unpaired) electrons. The second-order valence-electron chi connectivity index (χ2n) is 3.32. The van der Waals surface area contributed by atoms with E-state index >= 15 is 0 Å². The van der Waals surface area contributed by atoms with Crippen LogP contribution >= 0.6 is 0 Å². The normalized spacial score (nSPS) is 18.6. The SMILES string of the molecule is [2H]CC(=O)OC[C@@H](O)[C@@H](O)[C@H](OC(=O)C[2H])[C@@H](O)C=O. The Bertz CT molecular complexity index is 337. The number of ether oxygens (including phenoxy) is 2. The van der Waals surface area contributed by atoms with Crippen LogP contribution in [-0.2, 0) is 23.9 Å². The van der Waals surface area contributed by atoms with E-state index in [0.717, 1.165) is 0 Å². The highest BCUT2D eigenvalue weighted by atomic mass is 16.6. The molecule has 0 fully saturated rings. The molecule has 0 unspecified atom stereocenters. The minimum Gasteiger partial charge on any atom is -0.463 e. The Morgan fingerprint density at radius 1 is 1.28 bits per heavy atom. The van der Waals surface area contributed by atoms with E-state index in [0.29, 0.717) is 0 Å². The Labute approximate surface area is 106 Å². The first kappa shape index (κ1) is 12.9. The minimum absolute atomic E-state index is 0.0202. The number of aliphatic hydroxyl groups excluding tert-OH is 3. The molecule has 0 aliphatic heterocycles. The van der Waals surface area contributed by atoms with Crippen molar-refractivity contribution in [3.63, 3.8) is 0 Å². The summed E-state index contributed by atoms with van der Waals surface area (Å²) in [5, 5.41) is 28.5. The highest BCUT2D eigenvalue weighted by Gasteiger charge is 2.35. The van der Waals surface area contributed by atoms with E-state index in [1.807, 2.05) is 0 Å². The number of aldehydes is 1. The van der Waals surface area contributed by atoms with Gasteiger partial charge in [-0.25, -0.2) is 0 Å². The van der Waals surface area contributed by atoms with Gasteiger partial charge in [0, 0.05) is 16.5 Å². The van der Waals surface area contributed by atoms with Crippen LogP contribution in [0.15, 0.2) is 0 Å². The van der Waals surface area contributed by atoms with E-state index in [4.69, 9.17) is 2.74 Å². The first-order valence-electron chi connectivity index (χ1n) is 6.21. The number of esters is 2. The zero-order valence-electron chi connectivity index (χ0n) is 11.4. The molecule has 0 saturated heterocycles. The minimum atomic E-state index is -1.91. The van der Waals surface area contributed by atoms with Crippen molar-refractivity contribution in [3.8, 4) is 0 Å². The maximum Gasteiger partial charge on any atom is 0.303 e. The van der Waals surface area contributed by atoms with Crippen LogP contribution in [0.3, 0.4) is 0 Å². The fraction of sp³-hybridized carbons (Fsp3) is 0.700. The molecule has 3 N–H and O–H groups in total. The second kappa shape index (κ2) is 7.75. The number of carbonyl (C=O) groups excluding carboxylic acids is 3. The molecule has 0 rings (SSSR count). The van der Waals surface area contributed by atoms with Crippen LogP contribution < -0.4 is 0 Å². The summed E-state index contributed by atoms with van der Waals surface area (Å²) in [6, 6.07) is 0. The largest absolute Gasteiger partial charge is 0.463 e. The van der Waals surface area contributed by atoms with E-state index < -0.39 is 56.8 Å². The molecule has 104 valence electrons. The van der Waals surface area contributed by atoms with Crippen molar-refractivity contribution in [1.82, 2.24) is 0 Å². The molecule has 18 heavy (non-hydrogen) atoms. The van der Waals surface area contributed by atoms with Gasteiger partial charge in [-0.1, -0.05) is 0 Å². The van der Waals surface area contributed by atoms with Crippen LogP contribution in [0.4, 0.5) is 0 Å². The van der Waals surface area contributed by atoms with Gasteiger partial charge in [0.2, 0.25) is 0 Å². The van der Waals surface area contributed by atoms with Crippen molar-refractivity contribution >= 4 is 18.2 Å². The van der Waals surface area contributed by atoms with Crippen LogP contribution in [0.5, 0.6) is 0 Å². The Balaban J connectivity index is 4.66. The third-order valence-electron chi connectivity index (χ3n) is 1.89. The zero-order chi connectivity index (χ0) is 15.7. The molecule has 0 saturated carbocycles. The number of aliphatic hydroxyl groups is 3. The molecule has 0 aromatic heterocycles. The average molecular weight is 266 g/mol. The summed E-state index contributed by atoms with van der Waals surface area (Å²) in [4.78, 5) is 32.1. The third kappa shape index (κ3) is 5.71. The van der Waals surface area contributed by atoms with Gasteiger partial charge in [0.1, 0.15) is 24.9 Å². The summed E-state index contributed by atoms with van der Waals surface area (Å²) in [6.07, 6.45) is -7.39. The summed E-state index contributed by atoms with van der Waals surface area (Å²) in [5.41, 5.74) is 0. The van der Waals surface area contributed by atoms with Crippen molar-refractivity contribution in [3.05, 3.63) is 0 Å². The van der Waals surface area contributed by atoms with Crippen LogP contribution in [0, 0.1) is 0 Å². The summed E-state index contributed by atoms with van der Waals surface area (Å²) in [5.74, 6) is -2.07. The van der Waals surface area contributed by atoms with E-state index in [1.54, 1.807) is 0 Å². The first-order chi connectivity index (χ1) is 9.37. The van der Waals surface area contributed by atoms with Gasteiger partial charge in [-0.2, -0.15) is 0 Å². The van der Waals surface area contributed by atoms with Gasteiger partial charge >= 0.3 is 11.9 Å². The number of carbonyl (C=O) groups is 3. The van der Waals surface area contributed by atoms with E-state index in [1.165, 1.54) is 0 Å². The van der Waals surface area contributed by atoms with Crippen LogP contribution in [0.2, 0.25) is 0 Å². The summed E-state index contributed by atoms with van der Waals surface area (Å²) < 4.78 is 22.3. The topological polar surface area (TPSA) is 130 Å². The highest BCUT2D eigenvalue weighted by Crippen LogP contribution is 2.09. The molecular formula is C10H16O8. The van der Waals surface area contributed by atoms with Crippen LogP contribution in [0.1, 0.15) is 16.5 Å². The fourth-order valence-corrected chi connectivity index (χ4v) is 1.07.